The van der Waals surface area contributed by atoms with Gasteiger partial charge in [-0.05, 0) is 64.2 Å². The molecule has 2 heterocycles. The number of hydrogen-bond donors (Lipinski definition) is 1. The molecule has 1 aliphatic heterocycles. The maximum absolute atomic E-state index is 4.86. The quantitative estimate of drug-likeness (QED) is 0.914. The summed E-state index contributed by atoms with van der Waals surface area (Å²) in [7, 11) is 0. The van der Waals surface area contributed by atoms with Crippen molar-refractivity contribution in [1.29, 1.82) is 0 Å². The molecule has 0 radical (unpaired) electrons. The van der Waals surface area contributed by atoms with Gasteiger partial charge < -0.3 is 10.2 Å². The molecule has 0 aromatic carbocycles. The van der Waals surface area contributed by atoms with E-state index in [1.165, 1.54) is 17.7 Å². The number of nitrogens with one attached hydrogen (secondary N) is 1. The van der Waals surface area contributed by atoms with E-state index in [1.807, 2.05) is 0 Å². The van der Waals surface area contributed by atoms with Crippen molar-refractivity contribution in [2.75, 3.05) is 11.4 Å². The second kappa shape index (κ2) is 6.35. The minimum Gasteiger partial charge on any atom is -0.354 e. The van der Waals surface area contributed by atoms with Crippen LogP contribution >= 0.6 is 0 Å². The third kappa shape index (κ3) is 4.44. The van der Waals surface area contributed by atoms with E-state index in [2.05, 4.69) is 63.9 Å². The number of aryl methyl sites for hydroxylation is 1. The molecule has 1 saturated heterocycles. The van der Waals surface area contributed by atoms with Gasteiger partial charge in [0.05, 0.1) is 0 Å². The summed E-state index contributed by atoms with van der Waals surface area (Å²) in [5.41, 5.74) is 2.69. The zero-order valence-electron chi connectivity index (χ0n) is 14.5. The van der Waals surface area contributed by atoms with Crippen molar-refractivity contribution in [3.05, 3.63) is 23.4 Å². The first-order valence-electron chi connectivity index (χ1n) is 8.30. The molecule has 0 amide bonds. The zero-order chi connectivity index (χ0) is 15.6. The van der Waals surface area contributed by atoms with Gasteiger partial charge in [-0.3, -0.25) is 0 Å². The largest absolute Gasteiger partial charge is 0.354 e. The van der Waals surface area contributed by atoms with Gasteiger partial charge in [-0.15, -0.1) is 0 Å². The first-order chi connectivity index (χ1) is 9.78. The second-order valence-corrected chi connectivity index (χ2v) is 7.62. The third-order valence-electron chi connectivity index (χ3n) is 4.19. The molecule has 3 nitrogen and oxygen atoms in total. The van der Waals surface area contributed by atoms with E-state index in [9.17, 15) is 0 Å². The third-order valence-corrected chi connectivity index (χ3v) is 4.19. The SMILES string of the molecule is CCc1cc(CNC(C)(C)C)cc(N2CC(C)CC2C)n1. The number of nitrogens with zero attached hydrogens (tertiary/aromatic N) is 2. The van der Waals surface area contributed by atoms with E-state index in [1.54, 1.807) is 0 Å². The van der Waals surface area contributed by atoms with Crippen molar-refractivity contribution in [2.24, 2.45) is 5.92 Å². The molecular weight excluding hydrogens is 258 g/mol. The number of rotatable bonds is 4. The maximum atomic E-state index is 4.86. The van der Waals surface area contributed by atoms with Gasteiger partial charge in [0, 0.05) is 30.4 Å². The van der Waals surface area contributed by atoms with Crippen LogP contribution in [0.5, 0.6) is 0 Å². The summed E-state index contributed by atoms with van der Waals surface area (Å²) in [5, 5.41) is 3.58. The van der Waals surface area contributed by atoms with Gasteiger partial charge in [0.25, 0.3) is 0 Å². The fourth-order valence-electron chi connectivity index (χ4n) is 3.05. The lowest BCUT2D eigenvalue weighted by Crippen LogP contribution is -2.35. The minimum absolute atomic E-state index is 0.144. The molecule has 2 atom stereocenters. The van der Waals surface area contributed by atoms with Crippen LogP contribution in [0.25, 0.3) is 0 Å². The van der Waals surface area contributed by atoms with Crippen LogP contribution in [-0.4, -0.2) is 23.1 Å². The molecule has 0 bridgehead atoms. The molecular formula is C18H31N3. The monoisotopic (exact) mass is 289 g/mol. The molecule has 0 spiro atoms. The molecule has 1 N–H and O–H groups in total. The lowest BCUT2D eigenvalue weighted by atomic mass is 10.1. The van der Waals surface area contributed by atoms with Crippen LogP contribution in [0, 0.1) is 5.92 Å². The molecule has 1 aromatic heterocycles. The Morgan fingerprint density at radius 3 is 2.52 bits per heavy atom. The van der Waals surface area contributed by atoms with Crippen LogP contribution in [0.1, 0.15) is 59.2 Å². The molecule has 1 fully saturated rings. The summed E-state index contributed by atoms with van der Waals surface area (Å²) in [4.78, 5) is 7.34. The fourth-order valence-corrected chi connectivity index (χ4v) is 3.05. The summed E-state index contributed by atoms with van der Waals surface area (Å²) in [6.07, 6.45) is 2.27. The molecule has 118 valence electrons. The highest BCUT2D eigenvalue weighted by Crippen LogP contribution is 2.28. The normalized spacial score (nSPS) is 22.9. The van der Waals surface area contributed by atoms with E-state index in [-0.39, 0.29) is 5.54 Å². The van der Waals surface area contributed by atoms with E-state index < -0.39 is 0 Å². The molecule has 3 heteroatoms. The maximum Gasteiger partial charge on any atom is 0.129 e. The van der Waals surface area contributed by atoms with Gasteiger partial charge >= 0.3 is 0 Å². The summed E-state index contributed by atoms with van der Waals surface area (Å²) >= 11 is 0. The number of hydrogen-bond acceptors (Lipinski definition) is 3. The Balaban J connectivity index is 2.21. The van der Waals surface area contributed by atoms with Crippen LogP contribution < -0.4 is 10.2 Å². The van der Waals surface area contributed by atoms with E-state index in [0.29, 0.717) is 6.04 Å². The Bertz CT molecular complexity index is 476. The Labute approximate surface area is 130 Å². The van der Waals surface area contributed by atoms with Crippen molar-refractivity contribution in [1.82, 2.24) is 10.3 Å². The predicted molar refractivity (Wildman–Crippen MR) is 90.8 cm³/mol. The van der Waals surface area contributed by atoms with Gasteiger partial charge in [0.2, 0.25) is 0 Å². The predicted octanol–water partition coefficient (Wildman–Crippen LogP) is 3.77. The first-order valence-corrected chi connectivity index (χ1v) is 8.30. The van der Waals surface area contributed by atoms with Crippen molar-refractivity contribution in [2.45, 2.75) is 72.5 Å². The van der Waals surface area contributed by atoms with Gasteiger partial charge in [0.1, 0.15) is 5.82 Å². The average molecular weight is 289 g/mol. The number of pyridine rings is 1. The van der Waals surface area contributed by atoms with Gasteiger partial charge in [0.15, 0.2) is 0 Å². The highest BCUT2D eigenvalue weighted by Gasteiger charge is 2.27. The van der Waals surface area contributed by atoms with Crippen molar-refractivity contribution < 1.29 is 0 Å². The van der Waals surface area contributed by atoms with Crippen molar-refractivity contribution >= 4 is 5.82 Å². The van der Waals surface area contributed by atoms with Crippen LogP contribution in [0.3, 0.4) is 0 Å². The fraction of sp³-hybridized carbons (Fsp3) is 0.722. The van der Waals surface area contributed by atoms with E-state index >= 15 is 0 Å². The smallest absolute Gasteiger partial charge is 0.129 e. The van der Waals surface area contributed by atoms with E-state index in [0.717, 1.165) is 31.2 Å². The molecule has 2 unspecified atom stereocenters. The van der Waals surface area contributed by atoms with Crippen LogP contribution in [0.15, 0.2) is 12.1 Å². The lowest BCUT2D eigenvalue weighted by Gasteiger charge is -2.25. The molecule has 21 heavy (non-hydrogen) atoms. The summed E-state index contributed by atoms with van der Waals surface area (Å²) < 4.78 is 0. The Hall–Kier alpha value is -1.09. The Morgan fingerprint density at radius 2 is 2.00 bits per heavy atom. The standard InChI is InChI=1S/C18H31N3/c1-7-16-9-15(11-19-18(4,5)6)10-17(20-16)21-12-13(2)8-14(21)3/h9-10,13-14,19H,7-8,11-12H2,1-6H3. The first kappa shape index (κ1) is 16.3. The lowest BCUT2D eigenvalue weighted by molar-refractivity contribution is 0.424. The van der Waals surface area contributed by atoms with Gasteiger partial charge in [-0.2, -0.15) is 0 Å². The number of aromatic nitrogens is 1. The highest BCUT2D eigenvalue weighted by atomic mass is 15.2. The van der Waals surface area contributed by atoms with Crippen LogP contribution in [0.2, 0.25) is 0 Å². The highest BCUT2D eigenvalue weighted by molar-refractivity contribution is 5.45. The zero-order valence-corrected chi connectivity index (χ0v) is 14.5. The molecule has 2 rings (SSSR count). The van der Waals surface area contributed by atoms with Gasteiger partial charge in [-0.1, -0.05) is 13.8 Å². The van der Waals surface area contributed by atoms with Crippen LogP contribution in [0.4, 0.5) is 5.82 Å². The minimum atomic E-state index is 0.144. The summed E-state index contributed by atoms with van der Waals surface area (Å²) in [6.45, 7) is 15.5. The summed E-state index contributed by atoms with van der Waals surface area (Å²) in [5.74, 6) is 1.93. The molecule has 1 aliphatic rings. The van der Waals surface area contributed by atoms with E-state index in [4.69, 9.17) is 4.98 Å². The van der Waals surface area contributed by atoms with Crippen molar-refractivity contribution in [3.8, 4) is 0 Å². The molecule has 1 aromatic rings. The second-order valence-electron chi connectivity index (χ2n) is 7.62. The van der Waals surface area contributed by atoms with Crippen LogP contribution in [-0.2, 0) is 13.0 Å². The average Bonchev–Trinajstić information content (AvgIpc) is 2.74. The Morgan fingerprint density at radius 1 is 1.29 bits per heavy atom. The number of anilines is 1. The van der Waals surface area contributed by atoms with Crippen molar-refractivity contribution in [3.63, 3.8) is 0 Å². The Kier molecular flexibility index (Phi) is 4.92. The summed E-state index contributed by atoms with van der Waals surface area (Å²) in [6, 6.07) is 5.11. The van der Waals surface area contributed by atoms with Gasteiger partial charge in [-0.25, -0.2) is 4.98 Å². The molecule has 0 saturated carbocycles. The molecule has 0 aliphatic carbocycles. The topological polar surface area (TPSA) is 28.2 Å².